The SMILES string of the molecule is O=c1[nH]c2cccc(C3CCNC(Cc4cc(-c5cccnc5)c(N5C=NC=NC5)cc4-c4ccccc4)C3)c2[nH]1. The predicted molar refractivity (Wildman–Crippen MR) is 166 cm³/mol. The van der Waals surface area contributed by atoms with Crippen LogP contribution >= 0.6 is 0 Å². The zero-order valence-electron chi connectivity index (χ0n) is 22.6. The lowest BCUT2D eigenvalue weighted by Gasteiger charge is -2.32. The van der Waals surface area contributed by atoms with Crippen molar-refractivity contribution in [1.29, 1.82) is 0 Å². The lowest BCUT2D eigenvalue weighted by Crippen LogP contribution is -2.39. The van der Waals surface area contributed by atoms with Crippen LogP contribution in [0.1, 0.15) is 29.9 Å². The van der Waals surface area contributed by atoms with Gasteiger partial charge in [0.1, 0.15) is 13.0 Å². The number of anilines is 1. The zero-order chi connectivity index (χ0) is 27.6. The molecular weight excluding hydrogens is 510 g/mol. The second-order valence-corrected chi connectivity index (χ2v) is 10.7. The molecule has 204 valence electrons. The summed E-state index contributed by atoms with van der Waals surface area (Å²) < 4.78 is 0. The van der Waals surface area contributed by atoms with Crippen LogP contribution in [0.15, 0.2) is 100.0 Å². The topological polar surface area (TPSA) is 102 Å². The standard InChI is InChI=1S/C33H31N7O/c41-33-38-30-10-4-9-27(32(30)39-33)23-11-13-37-26(14-23)15-25-16-29(24-8-5-12-34-18-24)31(40-20-35-19-36-21-40)17-28(25)22-6-2-1-3-7-22/h1-10,12,16-20,23,26,37H,11,13-15,21H2,(H2,38,39,41). The lowest BCUT2D eigenvalue weighted by molar-refractivity contribution is 0.361. The second kappa shape index (κ2) is 11.0. The summed E-state index contributed by atoms with van der Waals surface area (Å²) in [6.45, 7) is 1.44. The second-order valence-electron chi connectivity index (χ2n) is 10.7. The maximum atomic E-state index is 12.0. The molecule has 3 N–H and O–H groups in total. The average molecular weight is 542 g/mol. The smallest absolute Gasteiger partial charge is 0.314 e. The van der Waals surface area contributed by atoms with Crippen LogP contribution in [0.25, 0.3) is 33.3 Å². The van der Waals surface area contributed by atoms with Crippen LogP contribution in [-0.4, -0.2) is 46.9 Å². The molecule has 2 unspecified atom stereocenters. The van der Waals surface area contributed by atoms with E-state index in [9.17, 15) is 4.79 Å². The molecule has 2 aliphatic heterocycles. The van der Waals surface area contributed by atoms with Gasteiger partial charge in [0, 0.05) is 29.6 Å². The Balaban J connectivity index is 1.29. The molecule has 0 spiro atoms. The van der Waals surface area contributed by atoms with Crippen LogP contribution in [-0.2, 0) is 6.42 Å². The van der Waals surface area contributed by atoms with Crippen molar-refractivity contribution >= 4 is 29.4 Å². The molecule has 2 atom stereocenters. The van der Waals surface area contributed by atoms with E-state index in [-0.39, 0.29) is 11.7 Å². The van der Waals surface area contributed by atoms with Gasteiger partial charge in [-0.25, -0.2) is 9.79 Å². The van der Waals surface area contributed by atoms with Crippen LogP contribution in [0, 0.1) is 0 Å². The molecule has 41 heavy (non-hydrogen) atoms. The van der Waals surface area contributed by atoms with Gasteiger partial charge in [-0.1, -0.05) is 48.5 Å². The van der Waals surface area contributed by atoms with E-state index in [1.165, 1.54) is 22.3 Å². The molecule has 8 heteroatoms. The Labute approximate surface area is 237 Å². The largest absolute Gasteiger partial charge is 0.323 e. The van der Waals surface area contributed by atoms with Crippen molar-refractivity contribution in [2.45, 2.75) is 31.2 Å². The summed E-state index contributed by atoms with van der Waals surface area (Å²) in [4.78, 5) is 33.2. The lowest BCUT2D eigenvalue weighted by atomic mass is 9.82. The van der Waals surface area contributed by atoms with Gasteiger partial charge in [-0.3, -0.25) is 9.98 Å². The molecule has 0 amide bonds. The highest BCUT2D eigenvalue weighted by Gasteiger charge is 2.27. The van der Waals surface area contributed by atoms with E-state index in [1.807, 2.05) is 30.7 Å². The highest BCUT2D eigenvalue weighted by Crippen LogP contribution is 2.39. The summed E-state index contributed by atoms with van der Waals surface area (Å²) in [5.74, 6) is 0.357. The number of aromatic amines is 2. The van der Waals surface area contributed by atoms with E-state index in [1.54, 1.807) is 12.5 Å². The molecule has 0 aliphatic carbocycles. The van der Waals surface area contributed by atoms with Gasteiger partial charge in [0.05, 0.1) is 23.1 Å². The normalized spacial score (nSPS) is 18.7. The van der Waals surface area contributed by atoms with Crippen LogP contribution in [0.3, 0.4) is 0 Å². The minimum Gasteiger partial charge on any atom is -0.314 e. The van der Waals surface area contributed by atoms with Crippen LogP contribution in [0.4, 0.5) is 5.69 Å². The number of nitrogens with one attached hydrogen (secondary N) is 3. The molecule has 3 aromatic carbocycles. The molecule has 0 saturated carbocycles. The van der Waals surface area contributed by atoms with E-state index < -0.39 is 0 Å². The summed E-state index contributed by atoms with van der Waals surface area (Å²) in [7, 11) is 0. The van der Waals surface area contributed by atoms with Crippen molar-refractivity contribution in [3.05, 3.63) is 107 Å². The fraction of sp³-hybridized carbons (Fsp3) is 0.212. The van der Waals surface area contributed by atoms with E-state index in [0.717, 1.165) is 53.7 Å². The Hall–Kier alpha value is -4.82. The summed E-state index contributed by atoms with van der Waals surface area (Å²) in [5, 5.41) is 3.79. The van der Waals surface area contributed by atoms with Gasteiger partial charge in [-0.2, -0.15) is 0 Å². The molecular formula is C33H31N7O. The van der Waals surface area contributed by atoms with Crippen LogP contribution < -0.4 is 15.9 Å². The number of pyridine rings is 1. The molecule has 8 nitrogen and oxygen atoms in total. The van der Waals surface area contributed by atoms with E-state index in [0.29, 0.717) is 12.6 Å². The van der Waals surface area contributed by atoms with Gasteiger partial charge in [-0.05, 0) is 78.2 Å². The molecule has 1 fully saturated rings. The fourth-order valence-corrected chi connectivity index (χ4v) is 6.27. The van der Waals surface area contributed by atoms with Crippen molar-refractivity contribution in [2.24, 2.45) is 9.98 Å². The third kappa shape index (κ3) is 5.10. The number of H-pyrrole nitrogens is 2. The van der Waals surface area contributed by atoms with Gasteiger partial charge in [0.15, 0.2) is 0 Å². The van der Waals surface area contributed by atoms with Crippen molar-refractivity contribution in [2.75, 3.05) is 18.1 Å². The molecule has 7 rings (SSSR count). The number of fused-ring (bicyclic) bond motifs is 1. The van der Waals surface area contributed by atoms with Crippen LogP contribution in [0.5, 0.6) is 0 Å². The van der Waals surface area contributed by atoms with Gasteiger partial charge in [0.25, 0.3) is 0 Å². The minimum atomic E-state index is -0.155. The summed E-state index contributed by atoms with van der Waals surface area (Å²) in [6, 6.07) is 25.7. The number of aromatic nitrogens is 3. The third-order valence-corrected chi connectivity index (χ3v) is 8.16. The highest BCUT2D eigenvalue weighted by atomic mass is 16.1. The highest BCUT2D eigenvalue weighted by molar-refractivity contribution is 5.95. The molecule has 0 radical (unpaired) electrons. The summed E-state index contributed by atoms with van der Waals surface area (Å²) in [6.07, 6.45) is 10.1. The predicted octanol–water partition coefficient (Wildman–Crippen LogP) is 5.50. The average Bonchev–Trinajstić information content (AvgIpc) is 3.42. The monoisotopic (exact) mass is 541 g/mol. The molecule has 2 aliphatic rings. The number of hydrogen-bond donors (Lipinski definition) is 3. The Morgan fingerprint density at radius 1 is 0.927 bits per heavy atom. The number of piperidine rings is 1. The molecule has 4 heterocycles. The number of aliphatic imine (C=N–C) groups is 2. The van der Waals surface area contributed by atoms with Crippen molar-refractivity contribution in [3.63, 3.8) is 0 Å². The first-order chi connectivity index (χ1) is 20.2. The van der Waals surface area contributed by atoms with E-state index >= 15 is 0 Å². The maximum Gasteiger partial charge on any atom is 0.323 e. The van der Waals surface area contributed by atoms with Gasteiger partial charge < -0.3 is 20.2 Å². The third-order valence-electron chi connectivity index (χ3n) is 8.16. The van der Waals surface area contributed by atoms with Gasteiger partial charge >= 0.3 is 5.69 Å². The molecule has 5 aromatic rings. The minimum absolute atomic E-state index is 0.155. The van der Waals surface area contributed by atoms with Crippen LogP contribution in [0.2, 0.25) is 0 Å². The van der Waals surface area contributed by atoms with Crippen molar-refractivity contribution in [3.8, 4) is 22.3 Å². The number of hydrogen-bond acceptors (Lipinski definition) is 6. The van der Waals surface area contributed by atoms with E-state index in [4.69, 9.17) is 0 Å². The summed E-state index contributed by atoms with van der Waals surface area (Å²) in [5.41, 5.74) is 9.75. The Bertz CT molecular complexity index is 1790. The van der Waals surface area contributed by atoms with E-state index in [2.05, 4.69) is 89.8 Å². The number of para-hydroxylation sites is 1. The van der Waals surface area contributed by atoms with Crippen molar-refractivity contribution in [1.82, 2.24) is 20.3 Å². The summed E-state index contributed by atoms with van der Waals surface area (Å²) >= 11 is 0. The van der Waals surface area contributed by atoms with Gasteiger partial charge in [0.2, 0.25) is 0 Å². The molecule has 0 bridgehead atoms. The molecule has 2 aromatic heterocycles. The number of nitrogens with zero attached hydrogens (tertiary/aromatic N) is 4. The Morgan fingerprint density at radius 3 is 2.66 bits per heavy atom. The quantitative estimate of drug-likeness (QED) is 0.264. The Morgan fingerprint density at radius 2 is 1.83 bits per heavy atom. The van der Waals surface area contributed by atoms with Gasteiger partial charge in [-0.15, -0.1) is 0 Å². The first kappa shape index (κ1) is 25.2. The number of rotatable bonds is 6. The number of benzene rings is 3. The maximum absolute atomic E-state index is 12.0. The first-order valence-electron chi connectivity index (χ1n) is 14.1. The molecule has 1 saturated heterocycles. The number of imidazole rings is 1. The fourth-order valence-electron chi connectivity index (χ4n) is 6.27. The Kier molecular flexibility index (Phi) is 6.74. The van der Waals surface area contributed by atoms with Crippen molar-refractivity contribution < 1.29 is 0 Å². The first-order valence-corrected chi connectivity index (χ1v) is 14.1. The zero-order valence-corrected chi connectivity index (χ0v) is 22.6.